The Hall–Kier alpha value is -3.76. The molecule has 0 aliphatic rings. The predicted octanol–water partition coefficient (Wildman–Crippen LogP) is 5.19. The zero-order chi connectivity index (χ0) is 30.9. The number of sulfonamides is 1. The summed E-state index contributed by atoms with van der Waals surface area (Å²) in [5.74, 6) is -0.356. The van der Waals surface area contributed by atoms with Crippen LogP contribution in [-0.2, 0) is 26.2 Å². The van der Waals surface area contributed by atoms with Gasteiger partial charge in [-0.1, -0.05) is 60.8 Å². The van der Waals surface area contributed by atoms with Gasteiger partial charge in [0.05, 0.1) is 24.8 Å². The first-order valence-corrected chi connectivity index (χ1v) is 15.5. The summed E-state index contributed by atoms with van der Waals surface area (Å²) in [7, 11) is -1.41. The van der Waals surface area contributed by atoms with Crippen LogP contribution in [0, 0.1) is 6.92 Å². The quantitative estimate of drug-likeness (QED) is 0.250. The minimum absolute atomic E-state index is 0.00542. The van der Waals surface area contributed by atoms with Crippen molar-refractivity contribution in [3.05, 3.63) is 82.9 Å². The maximum atomic E-state index is 14.1. The summed E-state index contributed by atoms with van der Waals surface area (Å²) in [4.78, 5) is 28.6. The Labute approximate surface area is 253 Å². The molecular weight excluding hydrogens is 578 g/mol. The molecule has 11 heteroatoms. The maximum Gasteiger partial charge on any atom is 0.264 e. The summed E-state index contributed by atoms with van der Waals surface area (Å²) in [6.45, 7) is 5.32. The lowest BCUT2D eigenvalue weighted by molar-refractivity contribution is -0.139. The molecule has 0 fully saturated rings. The molecule has 0 heterocycles. The van der Waals surface area contributed by atoms with Crippen molar-refractivity contribution < 1.29 is 27.5 Å². The van der Waals surface area contributed by atoms with Crippen molar-refractivity contribution in [3.8, 4) is 11.5 Å². The fourth-order valence-electron chi connectivity index (χ4n) is 4.27. The SMILES string of the molecule is CCCCNC(=O)[C@@H](C)N(Cc1ccccc1Cl)C(=O)CN(c1cc(OC)ccc1OC)S(=O)(=O)c1ccc(C)cc1. The lowest BCUT2D eigenvalue weighted by Gasteiger charge is -2.32. The van der Waals surface area contributed by atoms with Crippen molar-refractivity contribution in [2.45, 2.75) is 51.1 Å². The van der Waals surface area contributed by atoms with E-state index in [9.17, 15) is 18.0 Å². The van der Waals surface area contributed by atoms with Crippen LogP contribution in [0.3, 0.4) is 0 Å². The van der Waals surface area contributed by atoms with Gasteiger partial charge in [-0.3, -0.25) is 13.9 Å². The second kappa shape index (κ2) is 14.9. The lowest BCUT2D eigenvalue weighted by atomic mass is 10.1. The van der Waals surface area contributed by atoms with Gasteiger partial charge in [-0.25, -0.2) is 8.42 Å². The first-order chi connectivity index (χ1) is 20.0. The monoisotopic (exact) mass is 615 g/mol. The maximum absolute atomic E-state index is 14.1. The van der Waals surface area contributed by atoms with E-state index >= 15 is 0 Å². The number of aryl methyl sites for hydroxylation is 1. The van der Waals surface area contributed by atoms with Gasteiger partial charge < -0.3 is 19.7 Å². The number of ether oxygens (including phenoxy) is 2. The Morgan fingerprint density at radius 3 is 2.31 bits per heavy atom. The highest BCUT2D eigenvalue weighted by Crippen LogP contribution is 2.36. The van der Waals surface area contributed by atoms with Crippen molar-refractivity contribution in [1.82, 2.24) is 10.2 Å². The number of methoxy groups -OCH3 is 2. The number of amides is 2. The molecule has 1 N–H and O–H groups in total. The Balaban J connectivity index is 2.10. The summed E-state index contributed by atoms with van der Waals surface area (Å²) in [6.07, 6.45) is 1.68. The Kier molecular flexibility index (Phi) is 11.6. The van der Waals surface area contributed by atoms with Gasteiger partial charge in [0.25, 0.3) is 10.0 Å². The molecule has 0 unspecified atom stereocenters. The highest BCUT2D eigenvalue weighted by Gasteiger charge is 2.34. The minimum atomic E-state index is -4.28. The third-order valence-electron chi connectivity index (χ3n) is 6.84. The van der Waals surface area contributed by atoms with Crippen LogP contribution in [0.15, 0.2) is 71.6 Å². The van der Waals surface area contributed by atoms with E-state index in [-0.39, 0.29) is 28.8 Å². The zero-order valence-corrected chi connectivity index (χ0v) is 26.2. The molecule has 0 saturated heterocycles. The molecule has 3 aromatic rings. The molecule has 3 aromatic carbocycles. The van der Waals surface area contributed by atoms with Crippen molar-refractivity contribution >= 4 is 39.1 Å². The number of anilines is 1. The third kappa shape index (κ3) is 7.95. The highest BCUT2D eigenvalue weighted by atomic mass is 35.5. The molecule has 0 aromatic heterocycles. The molecule has 0 radical (unpaired) electrons. The molecule has 1 atom stereocenters. The molecule has 9 nitrogen and oxygen atoms in total. The number of unbranched alkanes of at least 4 members (excludes halogenated alkanes) is 1. The summed E-state index contributed by atoms with van der Waals surface area (Å²) in [5, 5.41) is 3.29. The molecular formula is C31H38ClN3O6S. The van der Waals surface area contributed by atoms with Gasteiger partial charge in [0.2, 0.25) is 11.8 Å². The van der Waals surface area contributed by atoms with E-state index in [0.717, 1.165) is 22.7 Å². The van der Waals surface area contributed by atoms with Crippen molar-refractivity contribution in [3.63, 3.8) is 0 Å². The van der Waals surface area contributed by atoms with Crippen LogP contribution in [0.2, 0.25) is 5.02 Å². The van der Waals surface area contributed by atoms with Crippen LogP contribution >= 0.6 is 11.6 Å². The number of benzene rings is 3. The second-order valence-corrected chi connectivity index (χ2v) is 12.1. The third-order valence-corrected chi connectivity index (χ3v) is 8.98. The fourth-order valence-corrected chi connectivity index (χ4v) is 5.88. The molecule has 0 spiro atoms. The van der Waals surface area contributed by atoms with E-state index in [0.29, 0.717) is 22.9 Å². The van der Waals surface area contributed by atoms with Crippen LogP contribution in [-0.4, -0.2) is 58.5 Å². The molecule has 42 heavy (non-hydrogen) atoms. The van der Waals surface area contributed by atoms with Crippen LogP contribution < -0.4 is 19.1 Å². The van der Waals surface area contributed by atoms with Crippen molar-refractivity contribution in [2.75, 3.05) is 31.6 Å². The summed E-state index contributed by atoms with van der Waals surface area (Å²) < 4.78 is 40.1. The molecule has 0 aliphatic heterocycles. The van der Waals surface area contributed by atoms with Crippen molar-refractivity contribution in [2.24, 2.45) is 0 Å². The number of nitrogens with zero attached hydrogens (tertiary/aromatic N) is 2. The molecule has 0 aliphatic carbocycles. The number of carbonyl (C=O) groups excluding carboxylic acids is 2. The van der Waals surface area contributed by atoms with E-state index in [4.69, 9.17) is 21.1 Å². The van der Waals surface area contributed by atoms with E-state index in [1.54, 1.807) is 55.5 Å². The van der Waals surface area contributed by atoms with Gasteiger partial charge in [0, 0.05) is 24.2 Å². The van der Waals surface area contributed by atoms with Gasteiger partial charge in [0.15, 0.2) is 0 Å². The highest BCUT2D eigenvalue weighted by molar-refractivity contribution is 7.92. The number of hydrogen-bond acceptors (Lipinski definition) is 6. The standard InChI is InChI=1S/C31H38ClN3O6S/c1-6-7-18-33-31(37)23(3)34(20-24-10-8-9-11-27(24)32)30(36)21-35(28-19-25(40-4)14-17-29(28)41-5)42(38,39)26-15-12-22(2)13-16-26/h8-17,19,23H,6-7,18,20-21H2,1-5H3,(H,33,37)/t23-/m1/s1. The molecule has 0 bridgehead atoms. The molecule has 0 saturated carbocycles. The van der Waals surface area contributed by atoms with E-state index < -0.39 is 28.5 Å². The van der Waals surface area contributed by atoms with Gasteiger partial charge in [0.1, 0.15) is 24.1 Å². The van der Waals surface area contributed by atoms with E-state index in [1.807, 2.05) is 13.8 Å². The number of halogens is 1. The Bertz CT molecular complexity index is 1480. The minimum Gasteiger partial charge on any atom is -0.497 e. The number of carbonyl (C=O) groups is 2. The topological polar surface area (TPSA) is 105 Å². The van der Waals surface area contributed by atoms with Gasteiger partial charge in [-0.15, -0.1) is 0 Å². The van der Waals surface area contributed by atoms with Gasteiger partial charge in [-0.2, -0.15) is 0 Å². The van der Waals surface area contributed by atoms with Crippen LogP contribution in [0.1, 0.15) is 37.8 Å². The van der Waals surface area contributed by atoms with Crippen molar-refractivity contribution in [1.29, 1.82) is 0 Å². The summed E-state index contributed by atoms with van der Waals surface area (Å²) >= 11 is 6.42. The van der Waals surface area contributed by atoms with E-state index in [1.165, 1.54) is 37.3 Å². The van der Waals surface area contributed by atoms with Crippen LogP contribution in [0.25, 0.3) is 0 Å². The molecule has 2 amide bonds. The van der Waals surface area contributed by atoms with E-state index in [2.05, 4.69) is 5.32 Å². The largest absolute Gasteiger partial charge is 0.497 e. The predicted molar refractivity (Wildman–Crippen MR) is 165 cm³/mol. The van der Waals surface area contributed by atoms with Gasteiger partial charge in [-0.05, 0) is 56.2 Å². The first-order valence-electron chi connectivity index (χ1n) is 13.7. The summed E-state index contributed by atoms with van der Waals surface area (Å²) in [5.41, 5.74) is 1.61. The first kappa shape index (κ1) is 32.8. The lowest BCUT2D eigenvalue weighted by Crippen LogP contribution is -2.51. The number of nitrogens with one attached hydrogen (secondary N) is 1. The van der Waals surface area contributed by atoms with Crippen LogP contribution in [0.4, 0.5) is 5.69 Å². The summed E-state index contributed by atoms with van der Waals surface area (Å²) in [6, 6.07) is 17.1. The average Bonchev–Trinajstić information content (AvgIpc) is 2.98. The van der Waals surface area contributed by atoms with Crippen LogP contribution in [0.5, 0.6) is 11.5 Å². The Morgan fingerprint density at radius 2 is 1.69 bits per heavy atom. The normalized spacial score (nSPS) is 11.9. The molecule has 226 valence electrons. The molecule has 3 rings (SSSR count). The number of hydrogen-bond donors (Lipinski definition) is 1. The fraction of sp³-hybridized carbons (Fsp3) is 0.355. The smallest absolute Gasteiger partial charge is 0.264 e. The zero-order valence-electron chi connectivity index (χ0n) is 24.6. The second-order valence-electron chi connectivity index (χ2n) is 9.80. The Morgan fingerprint density at radius 1 is 1.00 bits per heavy atom. The average molecular weight is 616 g/mol. The number of rotatable bonds is 14. The van der Waals surface area contributed by atoms with Gasteiger partial charge >= 0.3 is 0 Å².